The molecule has 0 saturated carbocycles. The first-order valence-electron chi connectivity index (χ1n) is 9.35. The van der Waals surface area contributed by atoms with Crippen molar-refractivity contribution in [2.45, 2.75) is 73.3 Å². The predicted octanol–water partition coefficient (Wildman–Crippen LogP) is 2.67. The van der Waals surface area contributed by atoms with Crippen LogP contribution in [0.4, 0.5) is 0 Å². The minimum absolute atomic E-state index is 0.0504. The second-order valence-corrected chi connectivity index (χ2v) is 9.00. The summed E-state index contributed by atoms with van der Waals surface area (Å²) >= 11 is 0. The van der Waals surface area contributed by atoms with Gasteiger partial charge in [0.25, 0.3) is 11.5 Å². The number of esters is 1. The number of hydrogen-bond acceptors (Lipinski definition) is 5. The highest BCUT2D eigenvalue weighted by Gasteiger charge is 2.27. The Kier molecular flexibility index (Phi) is 7.57. The Morgan fingerprint density at radius 1 is 1.18 bits per heavy atom. The van der Waals surface area contributed by atoms with E-state index < -0.39 is 17.1 Å². The predicted molar refractivity (Wildman–Crippen MR) is 107 cm³/mol. The summed E-state index contributed by atoms with van der Waals surface area (Å²) in [6, 6.07) is 1.88. The highest BCUT2D eigenvalue weighted by atomic mass is 16.5. The lowest BCUT2D eigenvalue weighted by molar-refractivity contribution is -0.149. The number of nitriles is 1. The van der Waals surface area contributed by atoms with Crippen LogP contribution in [0.1, 0.15) is 69.8 Å². The summed E-state index contributed by atoms with van der Waals surface area (Å²) in [6.45, 7) is 13.2. The first-order chi connectivity index (χ1) is 12.8. The molecule has 0 aliphatic rings. The summed E-state index contributed by atoms with van der Waals surface area (Å²) in [5.74, 6) is -0.849. The fraction of sp³-hybridized carbons (Fsp3) is 0.619. The monoisotopic (exact) mass is 389 g/mol. The molecule has 7 heteroatoms. The zero-order valence-electron chi connectivity index (χ0n) is 17.9. The number of H-pyrrole nitrogens is 1. The van der Waals surface area contributed by atoms with E-state index in [9.17, 15) is 14.4 Å². The molecule has 0 aliphatic carbocycles. The average molecular weight is 389 g/mol. The van der Waals surface area contributed by atoms with Gasteiger partial charge in [-0.1, -0.05) is 20.8 Å². The van der Waals surface area contributed by atoms with Gasteiger partial charge in [0.2, 0.25) is 0 Å². The molecular weight excluding hydrogens is 358 g/mol. The maximum absolute atomic E-state index is 12.1. The number of carbonyl (C=O) groups excluding carboxylic acids is 2. The Balaban J connectivity index is 2.60. The highest BCUT2D eigenvalue weighted by molar-refractivity contribution is 5.81. The van der Waals surface area contributed by atoms with E-state index in [-0.39, 0.29) is 29.9 Å². The van der Waals surface area contributed by atoms with Crippen molar-refractivity contribution in [2.75, 3.05) is 6.61 Å². The zero-order chi connectivity index (χ0) is 21.7. The number of nitrogens with zero attached hydrogens (tertiary/aromatic N) is 1. The molecule has 1 amide bonds. The van der Waals surface area contributed by atoms with E-state index in [0.717, 1.165) is 12.0 Å². The molecule has 2 N–H and O–H groups in total. The van der Waals surface area contributed by atoms with Gasteiger partial charge in [-0.3, -0.25) is 14.4 Å². The fourth-order valence-electron chi connectivity index (χ4n) is 3.65. The Bertz CT molecular complexity index is 839. The SMILES string of the molecule is Cc1[nH]c(=O)c(C#N)c(C)c1CCC(=O)OCC(=O)NC(C)(C)CC(C)(C)C. The van der Waals surface area contributed by atoms with E-state index in [4.69, 9.17) is 10.00 Å². The van der Waals surface area contributed by atoms with Crippen LogP contribution in [0.2, 0.25) is 0 Å². The normalized spacial score (nSPS) is 11.6. The first-order valence-corrected chi connectivity index (χ1v) is 9.35. The van der Waals surface area contributed by atoms with Crippen molar-refractivity contribution < 1.29 is 14.3 Å². The van der Waals surface area contributed by atoms with Gasteiger partial charge < -0.3 is 15.0 Å². The molecule has 0 saturated heterocycles. The van der Waals surface area contributed by atoms with Gasteiger partial charge in [-0.2, -0.15) is 5.26 Å². The summed E-state index contributed by atoms with van der Waals surface area (Å²) in [5.41, 5.74) is 1.20. The first kappa shape index (κ1) is 23.4. The third kappa shape index (κ3) is 7.18. The number of aryl methyl sites for hydroxylation is 1. The third-order valence-corrected chi connectivity index (χ3v) is 4.31. The molecule has 0 aromatic carbocycles. The van der Waals surface area contributed by atoms with E-state index in [1.807, 2.05) is 19.9 Å². The Morgan fingerprint density at radius 2 is 1.79 bits per heavy atom. The van der Waals surface area contributed by atoms with Crippen LogP contribution in [0, 0.1) is 30.6 Å². The quantitative estimate of drug-likeness (QED) is 0.696. The number of rotatable bonds is 7. The second-order valence-electron chi connectivity index (χ2n) is 9.00. The van der Waals surface area contributed by atoms with Crippen LogP contribution < -0.4 is 10.9 Å². The number of carbonyl (C=O) groups is 2. The van der Waals surface area contributed by atoms with Crippen molar-refractivity contribution in [1.82, 2.24) is 10.3 Å². The van der Waals surface area contributed by atoms with Gasteiger partial charge in [-0.25, -0.2) is 0 Å². The maximum atomic E-state index is 12.1. The van der Waals surface area contributed by atoms with Gasteiger partial charge in [0.1, 0.15) is 11.6 Å². The lowest BCUT2D eigenvalue weighted by Gasteiger charge is -2.33. The molecule has 0 bridgehead atoms. The van der Waals surface area contributed by atoms with E-state index in [2.05, 4.69) is 31.1 Å². The van der Waals surface area contributed by atoms with Gasteiger partial charge >= 0.3 is 5.97 Å². The van der Waals surface area contributed by atoms with Crippen molar-refractivity contribution in [3.05, 3.63) is 32.7 Å². The molecule has 0 fully saturated rings. The maximum Gasteiger partial charge on any atom is 0.306 e. The molecule has 0 spiro atoms. The Morgan fingerprint density at radius 3 is 2.32 bits per heavy atom. The van der Waals surface area contributed by atoms with E-state index in [0.29, 0.717) is 17.7 Å². The number of amides is 1. The summed E-state index contributed by atoms with van der Waals surface area (Å²) in [4.78, 5) is 38.5. The molecule has 1 aromatic heterocycles. The number of pyridine rings is 1. The summed E-state index contributed by atoms with van der Waals surface area (Å²) in [7, 11) is 0. The number of hydrogen-bond donors (Lipinski definition) is 2. The topological polar surface area (TPSA) is 112 Å². The van der Waals surface area contributed by atoms with Gasteiger partial charge in [0.05, 0.1) is 0 Å². The van der Waals surface area contributed by atoms with E-state index in [1.54, 1.807) is 13.8 Å². The molecule has 1 aromatic rings. The Labute approximate surface area is 166 Å². The highest BCUT2D eigenvalue weighted by Crippen LogP contribution is 2.26. The van der Waals surface area contributed by atoms with Crippen LogP contribution >= 0.6 is 0 Å². The van der Waals surface area contributed by atoms with Crippen LogP contribution in [0.15, 0.2) is 4.79 Å². The largest absolute Gasteiger partial charge is 0.456 e. The van der Waals surface area contributed by atoms with Crippen molar-refractivity contribution >= 4 is 11.9 Å². The van der Waals surface area contributed by atoms with Crippen LogP contribution in [-0.4, -0.2) is 29.0 Å². The molecule has 1 heterocycles. The molecule has 28 heavy (non-hydrogen) atoms. The van der Waals surface area contributed by atoms with Crippen LogP contribution in [0.3, 0.4) is 0 Å². The summed E-state index contributed by atoms with van der Waals surface area (Å²) in [5, 5.41) is 12.0. The molecule has 0 unspecified atom stereocenters. The van der Waals surface area contributed by atoms with Crippen LogP contribution in [0.25, 0.3) is 0 Å². The number of aromatic nitrogens is 1. The fourth-order valence-corrected chi connectivity index (χ4v) is 3.65. The molecule has 0 aliphatic heterocycles. The van der Waals surface area contributed by atoms with Gasteiger partial charge in [-0.05, 0) is 57.1 Å². The molecule has 7 nitrogen and oxygen atoms in total. The number of nitrogens with one attached hydrogen (secondary N) is 2. The smallest absolute Gasteiger partial charge is 0.306 e. The second kappa shape index (κ2) is 9.05. The van der Waals surface area contributed by atoms with Gasteiger partial charge in [-0.15, -0.1) is 0 Å². The minimum Gasteiger partial charge on any atom is -0.456 e. The summed E-state index contributed by atoms with van der Waals surface area (Å²) in [6.07, 6.45) is 1.15. The van der Waals surface area contributed by atoms with Crippen molar-refractivity contribution in [1.29, 1.82) is 5.26 Å². The van der Waals surface area contributed by atoms with Crippen LogP contribution in [-0.2, 0) is 20.7 Å². The summed E-state index contributed by atoms with van der Waals surface area (Å²) < 4.78 is 5.07. The van der Waals surface area contributed by atoms with E-state index >= 15 is 0 Å². The van der Waals surface area contributed by atoms with Crippen LogP contribution in [0.5, 0.6) is 0 Å². The lowest BCUT2D eigenvalue weighted by atomic mass is 9.82. The Hall–Kier alpha value is -2.62. The minimum atomic E-state index is -0.507. The molecule has 1 rings (SSSR count). The average Bonchev–Trinajstić information content (AvgIpc) is 2.49. The van der Waals surface area contributed by atoms with E-state index in [1.165, 1.54) is 0 Å². The number of aromatic amines is 1. The van der Waals surface area contributed by atoms with Gasteiger partial charge in [0, 0.05) is 17.7 Å². The standard InChI is InChI=1S/C21H31N3O4/c1-13-15(14(2)23-19(27)16(13)10-22)8-9-18(26)28-11-17(25)24-21(6,7)12-20(3,4)5/h8-9,11-12H2,1-7H3,(H,23,27)(H,24,25). The van der Waals surface area contributed by atoms with Gasteiger partial charge in [0.15, 0.2) is 6.61 Å². The molecule has 154 valence electrons. The zero-order valence-corrected chi connectivity index (χ0v) is 17.9. The van der Waals surface area contributed by atoms with Crippen molar-refractivity contribution in [3.63, 3.8) is 0 Å². The molecule has 0 radical (unpaired) electrons. The van der Waals surface area contributed by atoms with Crippen molar-refractivity contribution in [3.8, 4) is 6.07 Å². The molecule has 0 atom stereocenters. The van der Waals surface area contributed by atoms with Crippen molar-refractivity contribution in [2.24, 2.45) is 5.41 Å². The molecular formula is C21H31N3O4. The number of ether oxygens (including phenoxy) is 1. The lowest BCUT2D eigenvalue weighted by Crippen LogP contribution is -2.47. The third-order valence-electron chi connectivity index (χ3n) is 4.31.